The number of rotatable bonds is 5. The van der Waals surface area contributed by atoms with E-state index in [2.05, 4.69) is 30.2 Å². The van der Waals surface area contributed by atoms with Crippen LogP contribution in [-0.4, -0.2) is 35.4 Å². The zero-order valence-corrected chi connectivity index (χ0v) is 12.8. The van der Waals surface area contributed by atoms with Gasteiger partial charge in [-0.25, -0.2) is 4.98 Å². The summed E-state index contributed by atoms with van der Waals surface area (Å²) in [5.41, 5.74) is 0. The van der Waals surface area contributed by atoms with Gasteiger partial charge in [-0.3, -0.25) is 9.48 Å². The van der Waals surface area contributed by atoms with Crippen molar-refractivity contribution in [2.75, 3.05) is 0 Å². The molecule has 0 spiro atoms. The first-order chi connectivity index (χ1) is 10.7. The first kappa shape index (κ1) is 14.7. The maximum Gasteiger partial charge on any atom is 0.222 e. The second kappa shape index (κ2) is 6.67. The maximum atomic E-state index is 12.0. The van der Waals surface area contributed by atoms with Gasteiger partial charge in [0.2, 0.25) is 5.91 Å². The third-order valence-corrected chi connectivity index (χ3v) is 3.94. The number of nitrogens with zero attached hydrogens (tertiary/aromatic N) is 6. The van der Waals surface area contributed by atoms with Crippen LogP contribution in [-0.2, 0) is 24.3 Å². The Morgan fingerprint density at radius 2 is 2.27 bits per heavy atom. The molecule has 1 N–H and O–H groups in total. The van der Waals surface area contributed by atoms with Crippen LogP contribution >= 0.6 is 0 Å². The Morgan fingerprint density at radius 3 is 3.09 bits per heavy atom. The summed E-state index contributed by atoms with van der Waals surface area (Å²) in [5, 5.41) is 15.5. The number of fused-ring (bicyclic) bond motifs is 1. The molecule has 3 heterocycles. The summed E-state index contributed by atoms with van der Waals surface area (Å²) in [7, 11) is 0. The molecule has 1 aliphatic heterocycles. The van der Waals surface area contributed by atoms with Crippen LogP contribution in [0.1, 0.15) is 50.3 Å². The molecule has 0 aliphatic carbocycles. The first-order valence-electron chi connectivity index (χ1n) is 7.78. The molecule has 118 valence electrons. The van der Waals surface area contributed by atoms with E-state index in [4.69, 9.17) is 0 Å². The van der Waals surface area contributed by atoms with Crippen molar-refractivity contribution in [3.63, 3.8) is 0 Å². The molecule has 0 aromatic carbocycles. The lowest BCUT2D eigenvalue weighted by molar-refractivity contribution is -0.122. The van der Waals surface area contributed by atoms with E-state index >= 15 is 0 Å². The fourth-order valence-corrected chi connectivity index (χ4v) is 2.77. The van der Waals surface area contributed by atoms with Gasteiger partial charge in [-0.1, -0.05) is 6.42 Å². The van der Waals surface area contributed by atoms with Crippen LogP contribution in [0.2, 0.25) is 0 Å². The van der Waals surface area contributed by atoms with Gasteiger partial charge in [0.15, 0.2) is 5.82 Å². The van der Waals surface area contributed by atoms with Crippen molar-refractivity contribution in [3.8, 4) is 0 Å². The average Bonchev–Trinajstić information content (AvgIpc) is 3.10. The van der Waals surface area contributed by atoms with Crippen LogP contribution in [0, 0.1) is 0 Å². The Kier molecular flexibility index (Phi) is 4.45. The zero-order chi connectivity index (χ0) is 15.4. The van der Waals surface area contributed by atoms with E-state index < -0.39 is 0 Å². The molecule has 0 saturated heterocycles. The van der Waals surface area contributed by atoms with Crippen LogP contribution in [0.15, 0.2) is 12.7 Å². The number of hydrogen-bond donors (Lipinski definition) is 1. The first-order valence-corrected chi connectivity index (χ1v) is 7.78. The predicted molar refractivity (Wildman–Crippen MR) is 78.8 cm³/mol. The minimum Gasteiger partial charge on any atom is -0.346 e. The monoisotopic (exact) mass is 303 g/mol. The molecule has 0 bridgehead atoms. The summed E-state index contributed by atoms with van der Waals surface area (Å²) in [4.78, 5) is 15.9. The molecule has 0 fully saturated rings. The molecule has 2 aromatic heterocycles. The Morgan fingerprint density at radius 1 is 1.36 bits per heavy atom. The van der Waals surface area contributed by atoms with Gasteiger partial charge in [0.25, 0.3) is 0 Å². The number of amides is 1. The highest BCUT2D eigenvalue weighted by Crippen LogP contribution is 2.18. The highest BCUT2D eigenvalue weighted by atomic mass is 16.1. The lowest BCUT2D eigenvalue weighted by Crippen LogP contribution is -2.29. The van der Waals surface area contributed by atoms with E-state index in [0.29, 0.717) is 13.0 Å². The molecule has 0 radical (unpaired) electrons. The second-order valence-corrected chi connectivity index (χ2v) is 5.63. The van der Waals surface area contributed by atoms with Gasteiger partial charge in [-0.2, -0.15) is 5.10 Å². The van der Waals surface area contributed by atoms with Gasteiger partial charge >= 0.3 is 0 Å². The highest BCUT2D eigenvalue weighted by molar-refractivity contribution is 5.76. The number of carbonyl (C=O) groups is 1. The molecule has 0 saturated carbocycles. The number of nitrogens with one attached hydrogen (secondary N) is 1. The van der Waals surface area contributed by atoms with E-state index in [9.17, 15) is 4.79 Å². The minimum atomic E-state index is -0.136. The number of carbonyl (C=O) groups excluding carboxylic acids is 1. The fourth-order valence-electron chi connectivity index (χ4n) is 2.77. The normalized spacial score (nSPS) is 15.9. The quantitative estimate of drug-likeness (QED) is 0.885. The summed E-state index contributed by atoms with van der Waals surface area (Å²) in [5.74, 6) is 1.87. The summed E-state index contributed by atoms with van der Waals surface area (Å²) in [6.45, 7) is 3.42. The van der Waals surface area contributed by atoms with Crippen LogP contribution in [0.25, 0.3) is 0 Å². The third kappa shape index (κ3) is 3.32. The van der Waals surface area contributed by atoms with Crippen molar-refractivity contribution in [3.05, 3.63) is 24.3 Å². The van der Waals surface area contributed by atoms with E-state index in [0.717, 1.165) is 37.5 Å². The van der Waals surface area contributed by atoms with Crippen LogP contribution in [0.3, 0.4) is 0 Å². The summed E-state index contributed by atoms with van der Waals surface area (Å²) >= 11 is 0. The average molecular weight is 303 g/mol. The Balaban J connectivity index is 1.58. The smallest absolute Gasteiger partial charge is 0.222 e. The molecular formula is C14H21N7O. The predicted octanol–water partition coefficient (Wildman–Crippen LogP) is 0.863. The molecule has 1 aliphatic rings. The van der Waals surface area contributed by atoms with Crippen LogP contribution in [0.4, 0.5) is 0 Å². The number of hydrogen-bond acceptors (Lipinski definition) is 5. The van der Waals surface area contributed by atoms with Gasteiger partial charge < -0.3 is 9.88 Å². The Labute approximate surface area is 128 Å². The van der Waals surface area contributed by atoms with Crippen molar-refractivity contribution < 1.29 is 4.79 Å². The molecule has 8 nitrogen and oxygen atoms in total. The topological polar surface area (TPSA) is 90.5 Å². The summed E-state index contributed by atoms with van der Waals surface area (Å²) in [6, 6.07) is -0.136. The number of aromatic nitrogens is 6. The molecule has 1 atom stereocenters. The van der Waals surface area contributed by atoms with Crippen molar-refractivity contribution >= 4 is 5.91 Å². The van der Waals surface area contributed by atoms with Crippen molar-refractivity contribution in [2.45, 2.75) is 58.2 Å². The van der Waals surface area contributed by atoms with Gasteiger partial charge in [0.05, 0.1) is 12.6 Å². The second-order valence-electron chi connectivity index (χ2n) is 5.63. The maximum absolute atomic E-state index is 12.0. The fraction of sp³-hybridized carbons (Fsp3) is 0.643. The van der Waals surface area contributed by atoms with Gasteiger partial charge in [-0.15, -0.1) is 10.2 Å². The molecule has 8 heteroatoms. The highest BCUT2D eigenvalue weighted by Gasteiger charge is 2.20. The molecule has 2 aromatic rings. The largest absolute Gasteiger partial charge is 0.346 e. The standard InChI is InChI=1S/C14H21N7O/c1-11(17-13(22)6-8-20-10-15-9-16-20)14-19-18-12-5-3-2-4-7-21(12)14/h9-11H,2-8H2,1H3,(H,17,22)/t11-/m1/s1. The van der Waals surface area contributed by atoms with E-state index in [1.165, 1.54) is 12.7 Å². The number of aryl methyl sites for hydroxylation is 2. The van der Waals surface area contributed by atoms with Crippen LogP contribution < -0.4 is 5.32 Å². The Bertz CT molecular complexity index is 619. The van der Waals surface area contributed by atoms with Crippen LogP contribution in [0.5, 0.6) is 0 Å². The summed E-state index contributed by atoms with van der Waals surface area (Å²) in [6.07, 6.45) is 7.94. The van der Waals surface area contributed by atoms with Gasteiger partial charge in [-0.05, 0) is 19.8 Å². The van der Waals surface area contributed by atoms with Gasteiger partial charge in [0, 0.05) is 19.4 Å². The molecular weight excluding hydrogens is 282 g/mol. The van der Waals surface area contributed by atoms with Crippen molar-refractivity contribution in [1.82, 2.24) is 34.8 Å². The SMILES string of the molecule is C[C@@H](NC(=O)CCn1cncn1)c1nnc2n1CCCCC2. The minimum absolute atomic E-state index is 0.0195. The van der Waals surface area contributed by atoms with Gasteiger partial charge in [0.1, 0.15) is 18.5 Å². The molecule has 22 heavy (non-hydrogen) atoms. The van der Waals surface area contributed by atoms with Crippen molar-refractivity contribution in [1.29, 1.82) is 0 Å². The zero-order valence-electron chi connectivity index (χ0n) is 12.8. The van der Waals surface area contributed by atoms with Crippen molar-refractivity contribution in [2.24, 2.45) is 0 Å². The lowest BCUT2D eigenvalue weighted by Gasteiger charge is -2.15. The summed E-state index contributed by atoms with van der Waals surface area (Å²) < 4.78 is 3.81. The van der Waals surface area contributed by atoms with E-state index in [-0.39, 0.29) is 11.9 Å². The Hall–Kier alpha value is -2.25. The molecule has 0 unspecified atom stereocenters. The molecule has 3 rings (SSSR count). The van der Waals surface area contributed by atoms with E-state index in [1.54, 1.807) is 11.0 Å². The van der Waals surface area contributed by atoms with E-state index in [1.807, 2.05) is 6.92 Å². The third-order valence-electron chi connectivity index (χ3n) is 3.94. The molecule has 1 amide bonds. The lowest BCUT2D eigenvalue weighted by atomic mass is 10.2.